The molecule has 0 spiro atoms. The highest BCUT2D eigenvalue weighted by molar-refractivity contribution is 5.69. The van der Waals surface area contributed by atoms with Crippen molar-refractivity contribution in [2.75, 3.05) is 19.8 Å². The standard InChI is InChI=1S/C9H19NO3/c1-3-13-9(12)4-6-10-8(2)5-7-11/h8,10-11H,3-7H2,1-2H3. The summed E-state index contributed by atoms with van der Waals surface area (Å²) in [4.78, 5) is 10.9. The van der Waals surface area contributed by atoms with E-state index in [9.17, 15) is 4.79 Å². The molecule has 0 saturated heterocycles. The zero-order valence-corrected chi connectivity index (χ0v) is 8.38. The van der Waals surface area contributed by atoms with Crippen LogP contribution in [-0.2, 0) is 9.53 Å². The maximum Gasteiger partial charge on any atom is 0.307 e. The van der Waals surface area contributed by atoms with Crippen LogP contribution in [0.5, 0.6) is 0 Å². The first-order chi connectivity index (χ1) is 6.20. The average molecular weight is 189 g/mol. The highest BCUT2D eigenvalue weighted by Crippen LogP contribution is 1.90. The van der Waals surface area contributed by atoms with Gasteiger partial charge in [-0.05, 0) is 20.3 Å². The fourth-order valence-electron chi connectivity index (χ4n) is 0.949. The first kappa shape index (κ1) is 12.4. The topological polar surface area (TPSA) is 58.6 Å². The quantitative estimate of drug-likeness (QED) is 0.565. The molecule has 0 heterocycles. The Morgan fingerprint density at radius 2 is 2.31 bits per heavy atom. The van der Waals surface area contributed by atoms with Gasteiger partial charge in [0, 0.05) is 19.2 Å². The van der Waals surface area contributed by atoms with E-state index in [1.54, 1.807) is 6.92 Å². The molecule has 13 heavy (non-hydrogen) atoms. The van der Waals surface area contributed by atoms with Crippen molar-refractivity contribution in [1.82, 2.24) is 5.32 Å². The Kier molecular flexibility index (Phi) is 7.63. The minimum absolute atomic E-state index is 0.174. The molecule has 0 aromatic carbocycles. The van der Waals surface area contributed by atoms with Crippen molar-refractivity contribution in [2.24, 2.45) is 0 Å². The summed E-state index contributed by atoms with van der Waals surface area (Å²) in [6.45, 7) is 4.99. The molecular weight excluding hydrogens is 170 g/mol. The van der Waals surface area contributed by atoms with Crippen LogP contribution in [0, 0.1) is 0 Å². The molecule has 0 aromatic rings. The van der Waals surface area contributed by atoms with Gasteiger partial charge in [-0.15, -0.1) is 0 Å². The van der Waals surface area contributed by atoms with Crippen molar-refractivity contribution in [2.45, 2.75) is 32.7 Å². The lowest BCUT2D eigenvalue weighted by Crippen LogP contribution is -2.29. The van der Waals surface area contributed by atoms with Gasteiger partial charge in [0.05, 0.1) is 13.0 Å². The number of rotatable bonds is 7. The number of esters is 1. The van der Waals surface area contributed by atoms with Gasteiger partial charge in [0.1, 0.15) is 0 Å². The van der Waals surface area contributed by atoms with Crippen molar-refractivity contribution in [3.8, 4) is 0 Å². The summed E-state index contributed by atoms with van der Waals surface area (Å²) < 4.78 is 4.76. The molecular formula is C9H19NO3. The molecule has 4 nitrogen and oxygen atoms in total. The predicted molar refractivity (Wildman–Crippen MR) is 50.4 cm³/mol. The second-order valence-corrected chi connectivity index (χ2v) is 2.92. The fraction of sp³-hybridized carbons (Fsp3) is 0.889. The van der Waals surface area contributed by atoms with Crippen LogP contribution in [0.2, 0.25) is 0 Å². The Bertz CT molecular complexity index is 139. The molecule has 4 heteroatoms. The van der Waals surface area contributed by atoms with Crippen LogP contribution in [-0.4, -0.2) is 36.9 Å². The lowest BCUT2D eigenvalue weighted by molar-refractivity contribution is -0.142. The summed E-state index contributed by atoms with van der Waals surface area (Å²) in [5.74, 6) is -0.175. The number of hydrogen-bond acceptors (Lipinski definition) is 4. The maximum absolute atomic E-state index is 10.9. The van der Waals surface area contributed by atoms with E-state index in [2.05, 4.69) is 5.32 Å². The molecule has 0 fully saturated rings. The van der Waals surface area contributed by atoms with Crippen molar-refractivity contribution in [1.29, 1.82) is 0 Å². The van der Waals surface area contributed by atoms with Gasteiger partial charge in [-0.1, -0.05) is 0 Å². The number of carbonyl (C=O) groups is 1. The molecule has 0 aliphatic carbocycles. The van der Waals surface area contributed by atoms with Crippen molar-refractivity contribution >= 4 is 5.97 Å². The van der Waals surface area contributed by atoms with Crippen molar-refractivity contribution in [3.63, 3.8) is 0 Å². The van der Waals surface area contributed by atoms with Crippen LogP contribution in [0.25, 0.3) is 0 Å². The minimum atomic E-state index is -0.175. The number of ether oxygens (including phenoxy) is 1. The third-order valence-corrected chi connectivity index (χ3v) is 1.69. The second-order valence-electron chi connectivity index (χ2n) is 2.92. The second kappa shape index (κ2) is 8.01. The van der Waals surface area contributed by atoms with Gasteiger partial charge in [0.25, 0.3) is 0 Å². The average Bonchev–Trinajstić information content (AvgIpc) is 2.05. The van der Waals surface area contributed by atoms with E-state index in [1.165, 1.54) is 0 Å². The lowest BCUT2D eigenvalue weighted by Gasteiger charge is -2.11. The van der Waals surface area contributed by atoms with Crippen LogP contribution < -0.4 is 5.32 Å². The van der Waals surface area contributed by atoms with Gasteiger partial charge < -0.3 is 15.2 Å². The van der Waals surface area contributed by atoms with Crippen LogP contribution in [0.1, 0.15) is 26.7 Å². The number of hydrogen-bond donors (Lipinski definition) is 2. The molecule has 0 saturated carbocycles. The first-order valence-electron chi connectivity index (χ1n) is 4.70. The van der Waals surface area contributed by atoms with Gasteiger partial charge in [-0.25, -0.2) is 0 Å². The fourth-order valence-corrected chi connectivity index (χ4v) is 0.949. The highest BCUT2D eigenvalue weighted by atomic mass is 16.5. The normalized spacial score (nSPS) is 12.5. The van der Waals surface area contributed by atoms with E-state index in [0.29, 0.717) is 26.0 Å². The van der Waals surface area contributed by atoms with Gasteiger partial charge in [-0.3, -0.25) is 4.79 Å². The SMILES string of the molecule is CCOC(=O)CCNC(C)CCO. The Balaban J connectivity index is 3.28. The van der Waals surface area contributed by atoms with E-state index in [1.807, 2.05) is 6.92 Å². The molecule has 78 valence electrons. The minimum Gasteiger partial charge on any atom is -0.466 e. The Morgan fingerprint density at radius 3 is 2.85 bits per heavy atom. The largest absolute Gasteiger partial charge is 0.466 e. The van der Waals surface area contributed by atoms with E-state index >= 15 is 0 Å². The summed E-state index contributed by atoms with van der Waals surface area (Å²) in [7, 11) is 0. The first-order valence-corrected chi connectivity index (χ1v) is 4.70. The van der Waals surface area contributed by atoms with Gasteiger partial charge in [0.2, 0.25) is 0 Å². The van der Waals surface area contributed by atoms with Crippen LogP contribution in [0.3, 0.4) is 0 Å². The molecule has 0 aliphatic rings. The van der Waals surface area contributed by atoms with E-state index < -0.39 is 0 Å². The molecule has 0 amide bonds. The van der Waals surface area contributed by atoms with Gasteiger partial charge in [0.15, 0.2) is 0 Å². The number of aliphatic hydroxyl groups excluding tert-OH is 1. The Labute approximate surface area is 79.3 Å². The Hall–Kier alpha value is -0.610. The molecule has 0 bridgehead atoms. The number of aliphatic hydroxyl groups is 1. The zero-order valence-electron chi connectivity index (χ0n) is 8.38. The smallest absolute Gasteiger partial charge is 0.307 e. The van der Waals surface area contributed by atoms with E-state index in [0.717, 1.165) is 0 Å². The molecule has 2 N–H and O–H groups in total. The van der Waals surface area contributed by atoms with E-state index in [4.69, 9.17) is 9.84 Å². The predicted octanol–water partition coefficient (Wildman–Crippen LogP) is 0.300. The maximum atomic E-state index is 10.9. The summed E-state index contributed by atoms with van der Waals surface area (Å²) in [5, 5.41) is 11.7. The molecule has 0 rings (SSSR count). The van der Waals surface area contributed by atoms with Crippen molar-refractivity contribution < 1.29 is 14.6 Å². The van der Waals surface area contributed by atoms with Crippen LogP contribution in [0.4, 0.5) is 0 Å². The molecule has 0 radical (unpaired) electrons. The van der Waals surface area contributed by atoms with Gasteiger partial charge >= 0.3 is 5.97 Å². The van der Waals surface area contributed by atoms with Crippen LogP contribution >= 0.6 is 0 Å². The van der Waals surface area contributed by atoms with Crippen molar-refractivity contribution in [3.05, 3.63) is 0 Å². The van der Waals surface area contributed by atoms with Gasteiger partial charge in [-0.2, -0.15) is 0 Å². The molecule has 0 aliphatic heterocycles. The molecule has 1 atom stereocenters. The monoisotopic (exact) mass is 189 g/mol. The summed E-state index contributed by atoms with van der Waals surface area (Å²) in [6.07, 6.45) is 1.10. The summed E-state index contributed by atoms with van der Waals surface area (Å²) in [6, 6.07) is 0.249. The third kappa shape index (κ3) is 7.74. The highest BCUT2D eigenvalue weighted by Gasteiger charge is 2.03. The summed E-state index contributed by atoms with van der Waals surface area (Å²) in [5.41, 5.74) is 0. The number of nitrogens with one attached hydrogen (secondary N) is 1. The molecule has 1 unspecified atom stereocenters. The van der Waals surface area contributed by atoms with Crippen LogP contribution in [0.15, 0.2) is 0 Å². The number of carbonyl (C=O) groups excluding carboxylic acids is 1. The third-order valence-electron chi connectivity index (χ3n) is 1.69. The molecule has 0 aromatic heterocycles. The zero-order chi connectivity index (χ0) is 10.1. The summed E-state index contributed by atoms with van der Waals surface area (Å²) >= 11 is 0. The lowest BCUT2D eigenvalue weighted by atomic mass is 10.2. The Morgan fingerprint density at radius 1 is 1.62 bits per heavy atom. The van der Waals surface area contributed by atoms with E-state index in [-0.39, 0.29) is 18.6 Å².